The van der Waals surface area contributed by atoms with Crippen molar-refractivity contribution in [3.8, 4) is 0 Å². The first kappa shape index (κ1) is 13.1. The van der Waals surface area contributed by atoms with E-state index in [1.54, 1.807) is 13.2 Å². The van der Waals surface area contributed by atoms with Crippen LogP contribution in [0.15, 0.2) is 24.7 Å². The molecule has 1 amide bonds. The van der Waals surface area contributed by atoms with Crippen molar-refractivity contribution < 1.29 is 18.0 Å². The molecule has 0 saturated carbocycles. The molecule has 102 valence electrons. The Kier molecular flexibility index (Phi) is 3.28. The maximum absolute atomic E-state index is 12.1. The van der Waals surface area contributed by atoms with Crippen LogP contribution in [0, 0.1) is 0 Å². The topological polar surface area (TPSA) is 64.7 Å². The molecule has 0 radical (unpaired) electrons. The van der Waals surface area contributed by atoms with Crippen molar-refractivity contribution in [3.63, 3.8) is 0 Å². The van der Waals surface area contributed by atoms with Crippen molar-refractivity contribution in [2.24, 2.45) is 7.05 Å². The zero-order valence-corrected chi connectivity index (χ0v) is 9.85. The molecule has 0 aliphatic rings. The quantitative estimate of drug-likeness (QED) is 0.920. The van der Waals surface area contributed by atoms with Crippen LogP contribution in [0.25, 0.3) is 0 Å². The maximum atomic E-state index is 12.1. The van der Waals surface area contributed by atoms with Crippen molar-refractivity contribution in [2.45, 2.75) is 12.7 Å². The lowest BCUT2D eigenvalue weighted by Gasteiger charge is -2.05. The summed E-state index contributed by atoms with van der Waals surface area (Å²) < 4.78 is 38.5. The fourth-order valence-electron chi connectivity index (χ4n) is 1.43. The molecule has 0 aliphatic carbocycles. The molecule has 1 N–H and O–H groups in total. The average molecular weight is 273 g/mol. The molecular formula is C10H10F3N5O. The summed E-state index contributed by atoms with van der Waals surface area (Å²) in [6.07, 6.45) is -0.517. The van der Waals surface area contributed by atoms with E-state index < -0.39 is 18.6 Å². The number of carbonyl (C=O) groups excluding carboxylic acids is 1. The van der Waals surface area contributed by atoms with Gasteiger partial charge in [0.15, 0.2) is 5.69 Å². The second-order valence-electron chi connectivity index (χ2n) is 3.87. The van der Waals surface area contributed by atoms with Crippen LogP contribution in [0.2, 0.25) is 0 Å². The number of nitrogens with zero attached hydrogens (tertiary/aromatic N) is 4. The predicted molar refractivity (Wildman–Crippen MR) is 59.4 cm³/mol. The van der Waals surface area contributed by atoms with Crippen molar-refractivity contribution in [1.82, 2.24) is 19.6 Å². The van der Waals surface area contributed by atoms with Gasteiger partial charge in [0.1, 0.15) is 6.54 Å². The van der Waals surface area contributed by atoms with Gasteiger partial charge in [0, 0.05) is 19.4 Å². The Labute approximate surface area is 105 Å². The normalized spacial score (nSPS) is 11.6. The average Bonchev–Trinajstić information content (AvgIpc) is 2.85. The Bertz CT molecular complexity index is 586. The Morgan fingerprint density at radius 3 is 2.79 bits per heavy atom. The Morgan fingerprint density at radius 1 is 1.47 bits per heavy atom. The number of hydrogen-bond acceptors (Lipinski definition) is 3. The molecule has 19 heavy (non-hydrogen) atoms. The van der Waals surface area contributed by atoms with Crippen molar-refractivity contribution in [3.05, 3.63) is 30.4 Å². The summed E-state index contributed by atoms with van der Waals surface area (Å²) in [5.41, 5.74) is 0.353. The van der Waals surface area contributed by atoms with Crippen molar-refractivity contribution in [2.75, 3.05) is 5.32 Å². The number of rotatable bonds is 3. The van der Waals surface area contributed by atoms with Crippen LogP contribution < -0.4 is 5.32 Å². The Hall–Kier alpha value is -2.32. The van der Waals surface area contributed by atoms with Gasteiger partial charge in [0.2, 0.25) is 0 Å². The van der Waals surface area contributed by atoms with Gasteiger partial charge in [0.25, 0.3) is 5.91 Å². The van der Waals surface area contributed by atoms with E-state index in [1.807, 2.05) is 0 Å². The summed E-state index contributed by atoms with van der Waals surface area (Å²) in [6.45, 7) is -1.20. The third-order valence-corrected chi connectivity index (χ3v) is 2.18. The van der Waals surface area contributed by atoms with E-state index in [0.717, 1.165) is 12.4 Å². The largest absolute Gasteiger partial charge is 0.408 e. The van der Waals surface area contributed by atoms with Crippen LogP contribution >= 0.6 is 0 Å². The smallest absolute Gasteiger partial charge is 0.318 e. The van der Waals surface area contributed by atoms with Crippen molar-refractivity contribution >= 4 is 11.6 Å². The minimum Gasteiger partial charge on any atom is -0.318 e. The van der Waals surface area contributed by atoms with Crippen LogP contribution in [-0.4, -0.2) is 31.6 Å². The minimum atomic E-state index is -4.35. The standard InChI is InChI=1S/C10H10F3N5O/c1-17-3-2-8(16-17)9(19)15-7-4-14-18(5-7)6-10(11,12)13/h2-5H,6H2,1H3,(H,15,19). The highest BCUT2D eigenvalue weighted by atomic mass is 19.4. The highest BCUT2D eigenvalue weighted by Crippen LogP contribution is 2.18. The molecule has 0 aliphatic heterocycles. The zero-order chi connectivity index (χ0) is 14.0. The van der Waals surface area contributed by atoms with E-state index in [2.05, 4.69) is 15.5 Å². The van der Waals surface area contributed by atoms with Crippen LogP contribution in [0.3, 0.4) is 0 Å². The molecule has 2 rings (SSSR count). The third-order valence-electron chi connectivity index (χ3n) is 2.18. The number of aryl methyl sites for hydroxylation is 1. The monoisotopic (exact) mass is 273 g/mol. The lowest BCUT2D eigenvalue weighted by molar-refractivity contribution is -0.142. The van der Waals surface area contributed by atoms with Gasteiger partial charge >= 0.3 is 6.18 Å². The van der Waals surface area contributed by atoms with E-state index in [1.165, 1.54) is 10.7 Å². The summed E-state index contributed by atoms with van der Waals surface area (Å²) in [4.78, 5) is 11.7. The van der Waals surface area contributed by atoms with Gasteiger partial charge < -0.3 is 5.32 Å². The molecule has 0 fully saturated rings. The van der Waals surface area contributed by atoms with Gasteiger partial charge in [-0.25, -0.2) is 0 Å². The molecule has 6 nitrogen and oxygen atoms in total. The first-order valence-electron chi connectivity index (χ1n) is 5.24. The lowest BCUT2D eigenvalue weighted by Crippen LogP contribution is -2.18. The predicted octanol–water partition coefficient (Wildman–Crippen LogP) is 1.43. The number of nitrogens with one attached hydrogen (secondary N) is 1. The van der Waals surface area contributed by atoms with Crippen molar-refractivity contribution in [1.29, 1.82) is 0 Å². The molecular weight excluding hydrogens is 263 g/mol. The molecule has 0 bridgehead atoms. The minimum absolute atomic E-state index is 0.172. The van der Waals surface area contributed by atoms with Gasteiger partial charge in [-0.3, -0.25) is 14.2 Å². The van der Waals surface area contributed by atoms with Crippen LogP contribution in [0.5, 0.6) is 0 Å². The molecule has 9 heteroatoms. The zero-order valence-electron chi connectivity index (χ0n) is 9.85. The fourth-order valence-corrected chi connectivity index (χ4v) is 1.43. The number of anilines is 1. The number of alkyl halides is 3. The van der Waals surface area contributed by atoms with E-state index >= 15 is 0 Å². The first-order chi connectivity index (χ1) is 8.83. The Morgan fingerprint density at radius 2 is 2.21 bits per heavy atom. The van der Waals surface area contributed by atoms with E-state index in [4.69, 9.17) is 0 Å². The second-order valence-corrected chi connectivity index (χ2v) is 3.87. The molecule has 0 aromatic carbocycles. The molecule has 0 saturated heterocycles. The maximum Gasteiger partial charge on any atom is 0.408 e. The lowest BCUT2D eigenvalue weighted by atomic mass is 10.4. The molecule has 0 spiro atoms. The van der Waals surface area contributed by atoms with Crippen LogP contribution in [0.4, 0.5) is 18.9 Å². The van der Waals surface area contributed by atoms with Gasteiger partial charge in [-0.05, 0) is 6.07 Å². The number of hydrogen-bond donors (Lipinski definition) is 1. The number of amides is 1. The summed E-state index contributed by atoms with van der Waals surface area (Å²) >= 11 is 0. The summed E-state index contributed by atoms with van der Waals surface area (Å²) in [6, 6.07) is 1.50. The highest BCUT2D eigenvalue weighted by Gasteiger charge is 2.28. The third kappa shape index (κ3) is 3.57. The molecule has 2 aromatic rings. The van der Waals surface area contributed by atoms with E-state index in [-0.39, 0.29) is 11.4 Å². The molecule has 2 heterocycles. The molecule has 0 atom stereocenters. The van der Waals surface area contributed by atoms with Crippen LogP contribution in [0.1, 0.15) is 10.5 Å². The number of carbonyl (C=O) groups is 1. The second kappa shape index (κ2) is 4.75. The molecule has 0 unspecified atom stereocenters. The van der Waals surface area contributed by atoms with E-state index in [9.17, 15) is 18.0 Å². The fraction of sp³-hybridized carbons (Fsp3) is 0.300. The molecule has 2 aromatic heterocycles. The first-order valence-corrected chi connectivity index (χ1v) is 5.24. The SMILES string of the molecule is Cn1ccc(C(=O)Nc2cnn(CC(F)(F)F)c2)n1. The highest BCUT2D eigenvalue weighted by molar-refractivity contribution is 6.02. The van der Waals surface area contributed by atoms with Crippen LogP contribution in [-0.2, 0) is 13.6 Å². The Balaban J connectivity index is 2.02. The summed E-state index contributed by atoms with van der Waals surface area (Å²) in [7, 11) is 1.65. The van der Waals surface area contributed by atoms with E-state index in [0.29, 0.717) is 4.68 Å². The van der Waals surface area contributed by atoms with Gasteiger partial charge in [0.05, 0.1) is 11.9 Å². The van der Waals surface area contributed by atoms with Gasteiger partial charge in [-0.2, -0.15) is 23.4 Å². The number of aromatic nitrogens is 4. The number of halogens is 3. The van der Waals surface area contributed by atoms with Gasteiger partial charge in [-0.1, -0.05) is 0 Å². The summed E-state index contributed by atoms with van der Waals surface area (Å²) in [5, 5.41) is 9.79. The van der Waals surface area contributed by atoms with Gasteiger partial charge in [-0.15, -0.1) is 0 Å². The summed E-state index contributed by atoms with van der Waals surface area (Å²) in [5.74, 6) is -0.507.